The quantitative estimate of drug-likeness (QED) is 0.383. The van der Waals surface area contributed by atoms with Gasteiger partial charge in [-0.15, -0.1) is 11.8 Å². The van der Waals surface area contributed by atoms with Crippen LogP contribution in [0.15, 0.2) is 77.7 Å². The van der Waals surface area contributed by atoms with E-state index in [9.17, 15) is 14.4 Å². The molecule has 0 aromatic heterocycles. The number of ether oxygens (including phenoxy) is 1. The van der Waals surface area contributed by atoms with Gasteiger partial charge in [0, 0.05) is 21.2 Å². The van der Waals surface area contributed by atoms with E-state index in [1.54, 1.807) is 60.7 Å². The molecule has 0 aliphatic heterocycles. The molecule has 0 unspecified atom stereocenters. The summed E-state index contributed by atoms with van der Waals surface area (Å²) in [4.78, 5) is 37.2. The standard InChI is InChI=1S/C23H19ClN2O4S/c1-30-23(29)19-7-2-3-8-20(19)26-21(27)14-31-18-11-9-17(10-12-18)25-22(28)15-5-4-6-16(24)13-15/h2-13H,14H2,1H3,(H,25,28)(H,26,27). The minimum atomic E-state index is -0.515. The van der Waals surface area contributed by atoms with Crippen LogP contribution in [0.4, 0.5) is 11.4 Å². The maximum absolute atomic E-state index is 12.3. The molecule has 0 heterocycles. The molecular weight excluding hydrogens is 436 g/mol. The summed E-state index contributed by atoms with van der Waals surface area (Å²) < 4.78 is 4.73. The van der Waals surface area contributed by atoms with Crippen molar-refractivity contribution in [3.8, 4) is 0 Å². The number of hydrogen-bond donors (Lipinski definition) is 2. The van der Waals surface area contributed by atoms with E-state index in [2.05, 4.69) is 10.6 Å². The van der Waals surface area contributed by atoms with Crippen molar-refractivity contribution in [2.45, 2.75) is 4.90 Å². The predicted molar refractivity (Wildman–Crippen MR) is 123 cm³/mol. The van der Waals surface area contributed by atoms with Gasteiger partial charge in [-0.05, 0) is 54.6 Å². The average molecular weight is 455 g/mol. The van der Waals surface area contributed by atoms with Gasteiger partial charge in [0.25, 0.3) is 5.91 Å². The molecule has 3 aromatic rings. The largest absolute Gasteiger partial charge is 0.465 e. The van der Waals surface area contributed by atoms with Crippen LogP contribution in [-0.4, -0.2) is 30.6 Å². The summed E-state index contributed by atoms with van der Waals surface area (Å²) in [6, 6.07) is 20.5. The van der Waals surface area contributed by atoms with E-state index in [0.29, 0.717) is 27.5 Å². The zero-order valence-electron chi connectivity index (χ0n) is 16.6. The molecule has 0 saturated carbocycles. The monoisotopic (exact) mass is 454 g/mol. The average Bonchev–Trinajstić information content (AvgIpc) is 2.78. The number of para-hydroxylation sites is 1. The lowest BCUT2D eigenvalue weighted by Gasteiger charge is -2.10. The van der Waals surface area contributed by atoms with E-state index in [0.717, 1.165) is 4.90 Å². The zero-order valence-corrected chi connectivity index (χ0v) is 18.1. The first kappa shape index (κ1) is 22.4. The number of amides is 2. The zero-order chi connectivity index (χ0) is 22.2. The van der Waals surface area contributed by atoms with Crippen LogP contribution in [0.1, 0.15) is 20.7 Å². The Bertz CT molecular complexity index is 1100. The number of rotatable bonds is 7. The molecule has 0 bridgehead atoms. The third-order valence-corrected chi connectivity index (χ3v) is 5.42. The highest BCUT2D eigenvalue weighted by Gasteiger charge is 2.13. The van der Waals surface area contributed by atoms with Gasteiger partial charge in [-0.2, -0.15) is 0 Å². The second-order valence-electron chi connectivity index (χ2n) is 6.36. The Balaban J connectivity index is 1.54. The van der Waals surface area contributed by atoms with Gasteiger partial charge in [-0.25, -0.2) is 4.79 Å². The number of nitrogens with one attached hydrogen (secondary N) is 2. The molecule has 8 heteroatoms. The second kappa shape index (κ2) is 10.7. The Labute approximate surface area is 188 Å². The van der Waals surface area contributed by atoms with E-state index in [-0.39, 0.29) is 17.6 Å². The first-order valence-electron chi connectivity index (χ1n) is 9.23. The van der Waals surface area contributed by atoms with Crippen LogP contribution in [0.5, 0.6) is 0 Å². The number of methoxy groups -OCH3 is 1. The molecule has 31 heavy (non-hydrogen) atoms. The number of thioether (sulfide) groups is 1. The third-order valence-electron chi connectivity index (χ3n) is 4.18. The van der Waals surface area contributed by atoms with Crippen LogP contribution in [0.3, 0.4) is 0 Å². The highest BCUT2D eigenvalue weighted by Crippen LogP contribution is 2.22. The van der Waals surface area contributed by atoms with Crippen LogP contribution in [0.25, 0.3) is 0 Å². The van der Waals surface area contributed by atoms with Crippen LogP contribution in [0.2, 0.25) is 5.02 Å². The van der Waals surface area contributed by atoms with Gasteiger partial charge in [0.1, 0.15) is 0 Å². The molecule has 0 fully saturated rings. The summed E-state index contributed by atoms with van der Waals surface area (Å²) in [6.45, 7) is 0. The number of carbonyl (C=O) groups excluding carboxylic acids is 3. The molecule has 158 valence electrons. The summed E-state index contributed by atoms with van der Waals surface area (Å²) in [5, 5.41) is 6.02. The van der Waals surface area contributed by atoms with E-state index < -0.39 is 5.97 Å². The van der Waals surface area contributed by atoms with Gasteiger partial charge in [-0.1, -0.05) is 29.8 Å². The smallest absolute Gasteiger partial charge is 0.339 e. The molecule has 0 aliphatic carbocycles. The first-order valence-corrected chi connectivity index (χ1v) is 10.6. The molecule has 2 amide bonds. The maximum atomic E-state index is 12.3. The van der Waals surface area contributed by atoms with E-state index in [1.165, 1.54) is 18.9 Å². The maximum Gasteiger partial charge on any atom is 0.339 e. The Morgan fingerprint density at radius 2 is 1.68 bits per heavy atom. The summed E-state index contributed by atoms with van der Waals surface area (Å²) >= 11 is 7.25. The molecule has 0 saturated heterocycles. The summed E-state index contributed by atoms with van der Waals surface area (Å²) in [5.74, 6) is -0.866. The van der Waals surface area contributed by atoms with Crippen LogP contribution in [0, 0.1) is 0 Å². The third kappa shape index (κ3) is 6.34. The minimum absolute atomic E-state index is 0.156. The molecule has 3 rings (SSSR count). The highest BCUT2D eigenvalue weighted by molar-refractivity contribution is 8.00. The highest BCUT2D eigenvalue weighted by atomic mass is 35.5. The van der Waals surface area contributed by atoms with Gasteiger partial charge < -0.3 is 15.4 Å². The number of esters is 1. The van der Waals surface area contributed by atoms with Crippen LogP contribution in [-0.2, 0) is 9.53 Å². The molecule has 2 N–H and O–H groups in total. The van der Waals surface area contributed by atoms with Crippen LogP contribution < -0.4 is 10.6 Å². The van der Waals surface area contributed by atoms with Gasteiger partial charge in [-0.3, -0.25) is 9.59 Å². The lowest BCUT2D eigenvalue weighted by molar-refractivity contribution is -0.113. The SMILES string of the molecule is COC(=O)c1ccccc1NC(=O)CSc1ccc(NC(=O)c2cccc(Cl)c2)cc1. The Morgan fingerprint density at radius 3 is 2.39 bits per heavy atom. The Hall–Kier alpha value is -3.29. The summed E-state index contributed by atoms with van der Waals surface area (Å²) in [6.07, 6.45) is 0. The molecule has 0 radical (unpaired) electrons. The Kier molecular flexibility index (Phi) is 7.70. The fourth-order valence-corrected chi connectivity index (χ4v) is 3.57. The van der Waals surface area contributed by atoms with Crippen molar-refractivity contribution >= 4 is 52.5 Å². The lowest BCUT2D eigenvalue weighted by Crippen LogP contribution is -2.17. The number of anilines is 2. The predicted octanol–water partition coefficient (Wildman–Crippen LogP) is 5.11. The summed E-state index contributed by atoms with van der Waals surface area (Å²) in [5.41, 5.74) is 1.79. The molecule has 6 nitrogen and oxygen atoms in total. The van der Waals surface area contributed by atoms with Crippen LogP contribution >= 0.6 is 23.4 Å². The lowest BCUT2D eigenvalue weighted by atomic mass is 10.2. The molecule has 0 aliphatic rings. The van der Waals surface area contributed by atoms with Gasteiger partial charge in [0.15, 0.2) is 0 Å². The number of carbonyl (C=O) groups is 3. The van der Waals surface area contributed by atoms with Crippen molar-refractivity contribution in [3.63, 3.8) is 0 Å². The molecular formula is C23H19ClN2O4S. The van der Waals surface area contributed by atoms with Crippen molar-refractivity contribution in [1.82, 2.24) is 0 Å². The molecule has 0 spiro atoms. The first-order chi connectivity index (χ1) is 15.0. The Morgan fingerprint density at radius 1 is 0.935 bits per heavy atom. The van der Waals surface area contributed by atoms with Crippen molar-refractivity contribution in [2.24, 2.45) is 0 Å². The van der Waals surface area contributed by atoms with Gasteiger partial charge in [0.05, 0.1) is 24.1 Å². The van der Waals surface area contributed by atoms with Crippen molar-refractivity contribution in [2.75, 3.05) is 23.5 Å². The van der Waals surface area contributed by atoms with Gasteiger partial charge >= 0.3 is 5.97 Å². The van der Waals surface area contributed by atoms with E-state index in [1.807, 2.05) is 12.1 Å². The molecule has 3 aromatic carbocycles. The van der Waals surface area contributed by atoms with Crippen molar-refractivity contribution < 1.29 is 19.1 Å². The van der Waals surface area contributed by atoms with Crippen molar-refractivity contribution in [1.29, 1.82) is 0 Å². The normalized spacial score (nSPS) is 10.3. The fourth-order valence-electron chi connectivity index (χ4n) is 2.68. The topological polar surface area (TPSA) is 84.5 Å². The number of hydrogen-bond acceptors (Lipinski definition) is 5. The van der Waals surface area contributed by atoms with E-state index in [4.69, 9.17) is 16.3 Å². The molecule has 0 atom stereocenters. The number of halogens is 1. The van der Waals surface area contributed by atoms with E-state index >= 15 is 0 Å². The fraction of sp³-hybridized carbons (Fsp3) is 0.0870. The second-order valence-corrected chi connectivity index (χ2v) is 7.85. The minimum Gasteiger partial charge on any atom is -0.465 e. The van der Waals surface area contributed by atoms with Crippen molar-refractivity contribution in [3.05, 3.63) is 88.9 Å². The van der Waals surface area contributed by atoms with Gasteiger partial charge in [0.2, 0.25) is 5.91 Å². The summed E-state index contributed by atoms with van der Waals surface area (Å²) in [7, 11) is 1.29. The number of benzene rings is 3.